The zero-order valence-electron chi connectivity index (χ0n) is 7.98. The van der Waals surface area contributed by atoms with Crippen LogP contribution in [0.2, 0.25) is 0 Å². The fourth-order valence-electron chi connectivity index (χ4n) is 1.66. The molecule has 0 aromatic carbocycles. The number of hydrogen-bond donors (Lipinski definition) is 1. The Morgan fingerprint density at radius 3 is 3.00 bits per heavy atom. The highest BCUT2D eigenvalue weighted by atomic mass is 16.5. The lowest BCUT2D eigenvalue weighted by Gasteiger charge is -2.35. The second-order valence-corrected chi connectivity index (χ2v) is 3.47. The predicted molar refractivity (Wildman–Crippen MR) is 48.5 cm³/mol. The zero-order chi connectivity index (χ0) is 9.68. The van der Waals surface area contributed by atoms with Gasteiger partial charge in [-0.1, -0.05) is 0 Å². The van der Waals surface area contributed by atoms with Crippen LogP contribution in [-0.4, -0.2) is 54.7 Å². The monoisotopic (exact) mass is 187 g/mol. The molecule has 1 rings (SSSR count). The Hall–Kier alpha value is -0.450. The maximum Gasteiger partial charge on any atom is 0.121 e. The summed E-state index contributed by atoms with van der Waals surface area (Å²) >= 11 is 0. The normalized spacial score (nSPS) is 30.3. The second kappa shape index (κ2) is 5.32. The molecule has 0 aromatic rings. The molecule has 0 saturated carbocycles. The van der Waals surface area contributed by atoms with Gasteiger partial charge in [0.1, 0.15) is 6.29 Å². The Kier molecular flexibility index (Phi) is 4.35. The number of hydrogen-bond acceptors (Lipinski definition) is 4. The molecule has 4 heteroatoms. The molecule has 4 nitrogen and oxygen atoms in total. The Bertz CT molecular complexity index is 163. The summed E-state index contributed by atoms with van der Waals surface area (Å²) in [5, 5.41) is 8.93. The third-order valence-corrected chi connectivity index (χ3v) is 2.17. The highest BCUT2D eigenvalue weighted by Crippen LogP contribution is 2.10. The van der Waals surface area contributed by atoms with E-state index in [0.29, 0.717) is 6.42 Å². The van der Waals surface area contributed by atoms with Crippen LogP contribution in [0, 0.1) is 0 Å². The van der Waals surface area contributed by atoms with Crippen molar-refractivity contribution in [3.05, 3.63) is 0 Å². The van der Waals surface area contributed by atoms with Gasteiger partial charge in [-0.05, 0) is 6.92 Å². The summed E-state index contributed by atoms with van der Waals surface area (Å²) in [6, 6.07) is 0. The smallest absolute Gasteiger partial charge is 0.121 e. The number of aliphatic hydroxyl groups is 1. The molecule has 1 heterocycles. The molecule has 0 amide bonds. The van der Waals surface area contributed by atoms with Crippen molar-refractivity contribution in [2.45, 2.75) is 25.6 Å². The van der Waals surface area contributed by atoms with E-state index in [-0.39, 0.29) is 18.8 Å². The van der Waals surface area contributed by atoms with E-state index in [9.17, 15) is 4.79 Å². The third-order valence-electron chi connectivity index (χ3n) is 2.17. The van der Waals surface area contributed by atoms with Gasteiger partial charge in [-0.15, -0.1) is 0 Å². The predicted octanol–water partition coefficient (Wildman–Crippen LogP) is -0.343. The fraction of sp³-hybridized carbons (Fsp3) is 0.889. The van der Waals surface area contributed by atoms with Crippen molar-refractivity contribution >= 4 is 6.29 Å². The average molecular weight is 187 g/mol. The second-order valence-electron chi connectivity index (χ2n) is 3.47. The number of ether oxygens (including phenoxy) is 1. The topological polar surface area (TPSA) is 49.8 Å². The van der Waals surface area contributed by atoms with Crippen LogP contribution in [0.1, 0.15) is 13.3 Å². The van der Waals surface area contributed by atoms with Gasteiger partial charge in [0, 0.05) is 26.1 Å². The lowest BCUT2D eigenvalue weighted by Crippen LogP contribution is -2.48. The van der Waals surface area contributed by atoms with E-state index >= 15 is 0 Å². The van der Waals surface area contributed by atoms with Crippen molar-refractivity contribution in [3.8, 4) is 0 Å². The van der Waals surface area contributed by atoms with Crippen LogP contribution in [0.25, 0.3) is 0 Å². The number of carbonyl (C=O) groups excluding carboxylic acids is 1. The van der Waals surface area contributed by atoms with Gasteiger partial charge in [0.25, 0.3) is 0 Å². The van der Waals surface area contributed by atoms with Crippen LogP contribution in [0.15, 0.2) is 0 Å². The van der Waals surface area contributed by atoms with Crippen LogP contribution in [-0.2, 0) is 9.53 Å². The summed E-state index contributed by atoms with van der Waals surface area (Å²) in [6.07, 6.45) is 1.55. The fourth-order valence-corrected chi connectivity index (χ4v) is 1.66. The highest BCUT2D eigenvalue weighted by molar-refractivity contribution is 5.49. The first-order chi connectivity index (χ1) is 6.26. The van der Waals surface area contributed by atoms with Gasteiger partial charge in [-0.3, -0.25) is 4.90 Å². The quantitative estimate of drug-likeness (QED) is 0.612. The van der Waals surface area contributed by atoms with Crippen molar-refractivity contribution in [2.24, 2.45) is 0 Å². The largest absolute Gasteiger partial charge is 0.394 e. The number of carbonyl (C=O) groups is 1. The molecule has 1 aliphatic heterocycles. The van der Waals surface area contributed by atoms with Gasteiger partial charge >= 0.3 is 0 Å². The molecule has 1 saturated heterocycles. The molecular formula is C9H17NO3. The molecule has 1 N–H and O–H groups in total. The average Bonchev–Trinajstić information content (AvgIpc) is 2.14. The summed E-state index contributed by atoms with van der Waals surface area (Å²) in [4.78, 5) is 12.3. The minimum absolute atomic E-state index is 0.0575. The molecule has 1 fully saturated rings. The summed E-state index contributed by atoms with van der Waals surface area (Å²) in [5.74, 6) is 0. The SMILES string of the molecule is CC1CN(CCC=O)CC(CO)O1. The third kappa shape index (κ3) is 3.42. The Morgan fingerprint density at radius 2 is 2.38 bits per heavy atom. The minimum atomic E-state index is -0.0876. The molecule has 2 unspecified atom stereocenters. The van der Waals surface area contributed by atoms with Gasteiger partial charge in [0.15, 0.2) is 0 Å². The number of aliphatic hydroxyl groups excluding tert-OH is 1. The minimum Gasteiger partial charge on any atom is -0.394 e. The molecule has 0 aromatic heterocycles. The van der Waals surface area contributed by atoms with Gasteiger partial charge < -0.3 is 14.6 Å². The molecule has 76 valence electrons. The van der Waals surface area contributed by atoms with E-state index < -0.39 is 0 Å². The first-order valence-electron chi connectivity index (χ1n) is 4.68. The number of aldehydes is 1. The summed E-state index contributed by atoms with van der Waals surface area (Å²) in [5.41, 5.74) is 0. The molecule has 0 aliphatic carbocycles. The van der Waals surface area contributed by atoms with Crippen LogP contribution < -0.4 is 0 Å². The van der Waals surface area contributed by atoms with Crippen molar-refractivity contribution in [1.82, 2.24) is 4.90 Å². The van der Waals surface area contributed by atoms with Crippen molar-refractivity contribution in [2.75, 3.05) is 26.2 Å². The molecule has 1 aliphatic rings. The molecule has 0 bridgehead atoms. The lowest BCUT2D eigenvalue weighted by atomic mass is 10.2. The summed E-state index contributed by atoms with van der Waals surface area (Å²) in [7, 11) is 0. The van der Waals surface area contributed by atoms with Crippen LogP contribution in [0.3, 0.4) is 0 Å². The van der Waals surface area contributed by atoms with E-state index in [4.69, 9.17) is 9.84 Å². The van der Waals surface area contributed by atoms with E-state index in [0.717, 1.165) is 25.9 Å². The Morgan fingerprint density at radius 1 is 1.62 bits per heavy atom. The lowest BCUT2D eigenvalue weighted by molar-refractivity contribution is -0.111. The molecular weight excluding hydrogens is 170 g/mol. The van der Waals surface area contributed by atoms with Gasteiger partial charge in [0.2, 0.25) is 0 Å². The maximum atomic E-state index is 10.2. The van der Waals surface area contributed by atoms with Gasteiger partial charge in [-0.25, -0.2) is 0 Å². The van der Waals surface area contributed by atoms with E-state index in [1.807, 2.05) is 6.92 Å². The molecule has 13 heavy (non-hydrogen) atoms. The first kappa shape index (κ1) is 10.6. The summed E-state index contributed by atoms with van der Waals surface area (Å²) in [6.45, 7) is 4.39. The molecule has 2 atom stereocenters. The van der Waals surface area contributed by atoms with Gasteiger partial charge in [-0.2, -0.15) is 0 Å². The van der Waals surface area contributed by atoms with Crippen LogP contribution >= 0.6 is 0 Å². The number of nitrogens with zero attached hydrogens (tertiary/aromatic N) is 1. The number of morpholine rings is 1. The highest BCUT2D eigenvalue weighted by Gasteiger charge is 2.23. The maximum absolute atomic E-state index is 10.2. The van der Waals surface area contributed by atoms with Crippen molar-refractivity contribution < 1.29 is 14.6 Å². The zero-order valence-corrected chi connectivity index (χ0v) is 7.98. The van der Waals surface area contributed by atoms with Crippen molar-refractivity contribution in [3.63, 3.8) is 0 Å². The molecule has 0 radical (unpaired) electrons. The van der Waals surface area contributed by atoms with Gasteiger partial charge in [0.05, 0.1) is 18.8 Å². The van der Waals surface area contributed by atoms with E-state index in [2.05, 4.69) is 4.90 Å². The number of rotatable bonds is 4. The van der Waals surface area contributed by atoms with E-state index in [1.54, 1.807) is 0 Å². The van der Waals surface area contributed by atoms with Crippen LogP contribution in [0.5, 0.6) is 0 Å². The van der Waals surface area contributed by atoms with Crippen LogP contribution in [0.4, 0.5) is 0 Å². The molecule has 0 spiro atoms. The summed E-state index contributed by atoms with van der Waals surface area (Å²) < 4.78 is 5.47. The van der Waals surface area contributed by atoms with E-state index in [1.165, 1.54) is 0 Å². The standard InChI is InChI=1S/C9H17NO3/c1-8-5-10(3-2-4-11)6-9(7-12)13-8/h4,8-9,12H,2-3,5-7H2,1H3. The first-order valence-corrected chi connectivity index (χ1v) is 4.68. The van der Waals surface area contributed by atoms with Crippen molar-refractivity contribution in [1.29, 1.82) is 0 Å². The Labute approximate surface area is 78.5 Å². The Balaban J connectivity index is 2.33.